The lowest BCUT2D eigenvalue weighted by molar-refractivity contribution is -0.111. The van der Waals surface area contributed by atoms with Gasteiger partial charge in [0.25, 0.3) is 10.0 Å². The third-order valence-corrected chi connectivity index (χ3v) is 1.97. The minimum absolute atomic E-state index is 0.118. The summed E-state index contributed by atoms with van der Waals surface area (Å²) in [6, 6.07) is 0. The van der Waals surface area contributed by atoms with E-state index in [1.165, 1.54) is 18.2 Å². The highest BCUT2D eigenvalue weighted by molar-refractivity contribution is 7.89. The van der Waals surface area contributed by atoms with Crippen LogP contribution in [-0.2, 0) is 14.8 Å². The van der Waals surface area contributed by atoms with Gasteiger partial charge in [0, 0.05) is 0 Å². The summed E-state index contributed by atoms with van der Waals surface area (Å²) in [5.74, 6) is -0.118. The number of carbonyl (C=O) groups is 1. The summed E-state index contributed by atoms with van der Waals surface area (Å²) in [5, 5.41) is 0. The molecule has 0 heterocycles. The number of sulfonamides is 1. The molecule has 0 fully saturated rings. The van der Waals surface area contributed by atoms with Gasteiger partial charge in [-0.25, -0.2) is 8.42 Å². The fraction of sp³-hybridized carbons (Fsp3) is 0.250. The van der Waals surface area contributed by atoms with E-state index in [1.54, 1.807) is 6.92 Å². The Kier molecular flexibility index (Phi) is 2.47. The van der Waals surface area contributed by atoms with E-state index in [9.17, 15) is 13.2 Å². The van der Waals surface area contributed by atoms with Crippen molar-refractivity contribution in [1.82, 2.24) is 0 Å². The fourth-order valence-corrected chi connectivity index (χ4v) is 1.38. The molecule has 0 aromatic carbocycles. The summed E-state index contributed by atoms with van der Waals surface area (Å²) < 4.78 is 24.9. The molecule has 0 saturated heterocycles. The van der Waals surface area contributed by atoms with Crippen LogP contribution in [0.25, 0.3) is 0 Å². The van der Waals surface area contributed by atoms with E-state index < -0.39 is 10.0 Å². The molecule has 0 amide bonds. The van der Waals surface area contributed by atoms with E-state index in [2.05, 4.69) is 4.40 Å². The number of nitrogens with zero attached hydrogens (tertiary/aromatic N) is 1. The van der Waals surface area contributed by atoms with Gasteiger partial charge in [-0.15, -0.1) is 0 Å². The van der Waals surface area contributed by atoms with E-state index in [-0.39, 0.29) is 5.78 Å². The summed E-state index contributed by atoms with van der Waals surface area (Å²) in [7, 11) is -3.38. The third-order valence-electron chi connectivity index (χ3n) is 1.43. The molecule has 0 radical (unpaired) electrons. The molecule has 0 atom stereocenters. The van der Waals surface area contributed by atoms with Crippen LogP contribution in [0.15, 0.2) is 28.2 Å². The Morgan fingerprint density at radius 1 is 1.31 bits per heavy atom. The minimum atomic E-state index is -3.38. The van der Waals surface area contributed by atoms with Gasteiger partial charge in [-0.3, -0.25) is 4.79 Å². The lowest BCUT2D eigenvalue weighted by Gasteiger charge is -2.02. The number of hydrogen-bond donors (Lipinski definition) is 0. The number of rotatable bonds is 1. The highest BCUT2D eigenvalue weighted by atomic mass is 32.2. The topological polar surface area (TPSA) is 63.6 Å². The lowest BCUT2D eigenvalue weighted by Crippen LogP contribution is -2.06. The zero-order valence-electron chi connectivity index (χ0n) is 7.31. The van der Waals surface area contributed by atoms with Gasteiger partial charge in [0.1, 0.15) is 0 Å². The predicted molar refractivity (Wildman–Crippen MR) is 50.2 cm³/mol. The molecule has 70 valence electrons. The summed E-state index contributed by atoms with van der Waals surface area (Å²) in [6.07, 6.45) is 5.15. The average Bonchev–Trinajstić information content (AvgIpc) is 1.94. The van der Waals surface area contributed by atoms with Crippen molar-refractivity contribution in [2.45, 2.75) is 6.92 Å². The van der Waals surface area contributed by atoms with Gasteiger partial charge in [0.15, 0.2) is 5.78 Å². The first-order valence-electron chi connectivity index (χ1n) is 3.59. The molecule has 0 N–H and O–H groups in total. The van der Waals surface area contributed by atoms with Crippen LogP contribution in [0.1, 0.15) is 6.92 Å². The van der Waals surface area contributed by atoms with E-state index >= 15 is 0 Å². The largest absolute Gasteiger partial charge is 0.290 e. The first-order valence-corrected chi connectivity index (χ1v) is 5.44. The molecule has 0 unspecified atom stereocenters. The van der Waals surface area contributed by atoms with Crippen LogP contribution in [0.4, 0.5) is 0 Å². The number of ketones is 1. The van der Waals surface area contributed by atoms with Gasteiger partial charge in [-0.1, -0.05) is 0 Å². The zero-order valence-corrected chi connectivity index (χ0v) is 8.13. The number of carbonyl (C=O) groups excluding carboxylic acids is 1. The Bertz CT molecular complexity index is 426. The van der Waals surface area contributed by atoms with Crippen molar-refractivity contribution in [3.05, 3.63) is 23.8 Å². The van der Waals surface area contributed by atoms with Crippen molar-refractivity contribution in [3.63, 3.8) is 0 Å². The van der Waals surface area contributed by atoms with Crippen LogP contribution < -0.4 is 0 Å². The van der Waals surface area contributed by atoms with Gasteiger partial charge in [-0.05, 0) is 30.7 Å². The molecule has 13 heavy (non-hydrogen) atoms. The van der Waals surface area contributed by atoms with Crippen molar-refractivity contribution >= 4 is 21.5 Å². The monoisotopic (exact) mass is 199 g/mol. The lowest BCUT2D eigenvalue weighted by atomic mass is 10.1. The quantitative estimate of drug-likeness (QED) is 0.577. The predicted octanol–water partition coefficient (Wildman–Crippen LogP) is 0.472. The SMILES string of the molecule is CC1=C/C(=N\S(C)(=O)=O)C=CC1=O. The minimum Gasteiger partial charge on any atom is -0.290 e. The second kappa shape index (κ2) is 3.26. The molecule has 0 aromatic heterocycles. The van der Waals surface area contributed by atoms with Crippen molar-refractivity contribution in [3.8, 4) is 0 Å². The highest BCUT2D eigenvalue weighted by Gasteiger charge is 2.08. The second-order valence-corrected chi connectivity index (χ2v) is 4.42. The molecule has 4 nitrogen and oxygen atoms in total. The van der Waals surface area contributed by atoms with Crippen LogP contribution in [0.5, 0.6) is 0 Å². The van der Waals surface area contributed by atoms with E-state index in [4.69, 9.17) is 0 Å². The van der Waals surface area contributed by atoms with Gasteiger partial charge < -0.3 is 0 Å². The highest BCUT2D eigenvalue weighted by Crippen LogP contribution is 2.05. The number of allylic oxidation sites excluding steroid dienone is 4. The van der Waals surface area contributed by atoms with Crippen LogP contribution >= 0.6 is 0 Å². The summed E-state index contributed by atoms with van der Waals surface area (Å²) in [5.41, 5.74) is 0.782. The Morgan fingerprint density at radius 3 is 2.38 bits per heavy atom. The van der Waals surface area contributed by atoms with E-state index in [0.29, 0.717) is 11.3 Å². The first kappa shape index (κ1) is 9.85. The Morgan fingerprint density at radius 2 is 1.92 bits per heavy atom. The molecular weight excluding hydrogens is 190 g/mol. The standard InChI is InChI=1S/C8H9NO3S/c1-6-5-7(3-4-8(6)10)9-13(2,11)12/h3-5H,1-2H3/b9-7-. The van der Waals surface area contributed by atoms with Crippen molar-refractivity contribution in [1.29, 1.82) is 0 Å². The summed E-state index contributed by atoms with van der Waals surface area (Å²) >= 11 is 0. The Balaban J connectivity index is 3.07. The van der Waals surface area contributed by atoms with Gasteiger partial charge in [-0.2, -0.15) is 4.40 Å². The third kappa shape index (κ3) is 2.95. The molecular formula is C8H9NO3S. The Labute approximate surface area is 76.7 Å². The van der Waals surface area contributed by atoms with Crippen LogP contribution in [0.2, 0.25) is 0 Å². The maximum Gasteiger partial charge on any atom is 0.250 e. The molecule has 0 saturated carbocycles. The molecule has 1 rings (SSSR count). The summed E-state index contributed by atoms with van der Waals surface area (Å²) in [6.45, 7) is 1.61. The molecule has 0 aromatic rings. The first-order chi connectivity index (χ1) is 5.88. The van der Waals surface area contributed by atoms with Gasteiger partial charge in [0.2, 0.25) is 0 Å². The Hall–Kier alpha value is -1.23. The number of hydrogen-bond acceptors (Lipinski definition) is 3. The molecule has 0 aliphatic heterocycles. The van der Waals surface area contributed by atoms with Crippen molar-refractivity contribution in [2.75, 3.05) is 6.26 Å². The summed E-state index contributed by atoms with van der Waals surface area (Å²) in [4.78, 5) is 10.9. The van der Waals surface area contributed by atoms with Crippen LogP contribution in [-0.4, -0.2) is 26.2 Å². The fourth-order valence-electron chi connectivity index (χ4n) is 0.882. The smallest absolute Gasteiger partial charge is 0.250 e. The van der Waals surface area contributed by atoms with Gasteiger partial charge >= 0.3 is 0 Å². The van der Waals surface area contributed by atoms with Gasteiger partial charge in [0.05, 0.1) is 12.0 Å². The molecule has 0 spiro atoms. The molecule has 1 aliphatic carbocycles. The van der Waals surface area contributed by atoms with E-state index in [1.807, 2.05) is 0 Å². The van der Waals surface area contributed by atoms with Crippen LogP contribution in [0.3, 0.4) is 0 Å². The second-order valence-electron chi connectivity index (χ2n) is 2.77. The molecule has 0 bridgehead atoms. The maximum atomic E-state index is 10.9. The average molecular weight is 199 g/mol. The normalized spacial score (nSPS) is 20.6. The zero-order chi connectivity index (χ0) is 10.1. The molecule has 5 heteroatoms. The van der Waals surface area contributed by atoms with Crippen molar-refractivity contribution in [2.24, 2.45) is 4.40 Å². The maximum absolute atomic E-state index is 10.9. The van der Waals surface area contributed by atoms with Crippen molar-refractivity contribution < 1.29 is 13.2 Å². The molecule has 1 aliphatic rings. The van der Waals surface area contributed by atoms with E-state index in [0.717, 1.165) is 6.26 Å². The van der Waals surface area contributed by atoms with Crippen LogP contribution in [0, 0.1) is 0 Å².